The van der Waals surface area contributed by atoms with Gasteiger partial charge in [0.05, 0.1) is 0 Å². The summed E-state index contributed by atoms with van der Waals surface area (Å²) in [6, 6.07) is 0. The molecule has 0 aliphatic rings. The quantitative estimate of drug-likeness (QED) is 0.444. The van der Waals surface area contributed by atoms with Gasteiger partial charge >= 0.3 is 16.8 Å². The van der Waals surface area contributed by atoms with Crippen molar-refractivity contribution in [3.05, 3.63) is 33.0 Å². The van der Waals surface area contributed by atoms with Crippen molar-refractivity contribution >= 4 is 52.1 Å². The van der Waals surface area contributed by atoms with E-state index in [4.69, 9.17) is 27.7 Å². The van der Waals surface area contributed by atoms with E-state index < -0.39 is 0 Å². The molecule has 0 bridgehead atoms. The first-order valence-electron chi connectivity index (χ1n) is 3.62. The van der Waals surface area contributed by atoms with Crippen LogP contribution in [-0.4, -0.2) is 41.7 Å². The minimum atomic E-state index is 0. The Labute approximate surface area is 128 Å². The van der Waals surface area contributed by atoms with Gasteiger partial charge in [-0.05, 0) is 0 Å². The molecule has 0 radical (unpaired) electrons. The van der Waals surface area contributed by atoms with Crippen LogP contribution in [0.4, 0.5) is 0 Å². The Morgan fingerprint density at radius 2 is 1.00 bits per heavy atom. The molecule has 0 aliphatic carbocycles. The summed E-state index contributed by atoms with van der Waals surface area (Å²) in [4.78, 5) is 0. The zero-order valence-corrected chi connectivity index (χ0v) is 12.2. The molecule has 0 aromatic rings. The number of hydrogen-bond donors (Lipinski definition) is 0. The van der Waals surface area contributed by atoms with E-state index in [1.54, 1.807) is 0 Å². The molecule has 98 valence electrons. The van der Waals surface area contributed by atoms with Crippen LogP contribution in [0.25, 0.3) is 33.0 Å². The van der Waals surface area contributed by atoms with Gasteiger partial charge in [-0.3, -0.25) is 0 Å². The topological polar surface area (TPSA) is 129 Å². The molecule has 6 nitrogen and oxygen atoms in total. The molecule has 0 aromatic carbocycles. The summed E-state index contributed by atoms with van der Waals surface area (Å²) in [7, 11) is 0. The molecule has 10 heteroatoms. The second kappa shape index (κ2) is 56.9. The van der Waals surface area contributed by atoms with Crippen molar-refractivity contribution in [2.45, 2.75) is 0 Å². The zero-order chi connectivity index (χ0) is 13.7. The van der Waals surface area contributed by atoms with Gasteiger partial charge in [0.25, 0.3) is 0 Å². The number of nitrogens with one attached hydrogen (secondary N) is 2. The van der Waals surface area contributed by atoms with Crippen molar-refractivity contribution < 1.29 is 16.8 Å². The second-order valence-electron chi connectivity index (χ2n) is 1.44. The molecule has 0 unspecified atom stereocenters. The summed E-state index contributed by atoms with van der Waals surface area (Å²) in [5, 5.41) is 29.2. The summed E-state index contributed by atoms with van der Waals surface area (Å²) in [5.41, 5.74) is 13.3. The minimum absolute atomic E-state index is 0. The number of rotatable bonds is 4. The van der Waals surface area contributed by atoms with Crippen LogP contribution in [-0.2, 0) is 16.8 Å². The zero-order valence-electron chi connectivity index (χ0n) is 8.68. The Kier molecular flexibility index (Phi) is 101. The molecule has 0 aliphatic heterocycles. The monoisotopic (exact) mass is 333 g/mol. The number of hydrogen-bond acceptors (Lipinski definition) is 3. The summed E-state index contributed by atoms with van der Waals surface area (Å²) in [5.74, 6) is 0. The molecule has 0 fully saturated rings. The van der Waals surface area contributed by atoms with Gasteiger partial charge in [0.1, 0.15) is 0 Å². The first-order valence-corrected chi connectivity index (χ1v) is 4.85. The second-order valence-corrected chi connectivity index (χ2v) is 1.99. The Hall–Kier alpha value is -0.214. The van der Waals surface area contributed by atoms with E-state index in [1.165, 1.54) is 15.5 Å². The van der Waals surface area contributed by atoms with Crippen molar-refractivity contribution in [1.82, 2.24) is 0 Å². The predicted molar refractivity (Wildman–Crippen MR) is 79.3 cm³/mol. The van der Waals surface area contributed by atoms with Crippen LogP contribution < -0.4 is 0 Å². The molecule has 0 rings (SSSR count). The standard InChI is InChI=1S/C4H10N3.3CNS.Co/c5-1-3-7-4-2-6;3*2-1-3;/h5-6H,1-4H2;;;;/q-3;3*-1;+3. The Morgan fingerprint density at radius 1 is 0.824 bits per heavy atom. The van der Waals surface area contributed by atoms with Gasteiger partial charge in [-0.25, -0.2) is 0 Å². The number of thiocarbonyl (C=S) groups is 3. The van der Waals surface area contributed by atoms with Crippen LogP contribution in [0, 0.1) is 0 Å². The Bertz CT molecular complexity index is 175. The van der Waals surface area contributed by atoms with Gasteiger partial charge in [-0.15, -0.1) is 0 Å². The molecular weight excluding hydrogens is 323 g/mol. The van der Waals surface area contributed by atoms with Crippen molar-refractivity contribution in [3.8, 4) is 0 Å². The smallest absolute Gasteiger partial charge is 0.753 e. The van der Waals surface area contributed by atoms with Gasteiger partial charge in [0.15, 0.2) is 0 Å². The van der Waals surface area contributed by atoms with Crippen molar-refractivity contribution in [2.75, 3.05) is 26.2 Å². The first kappa shape index (κ1) is 30.1. The fourth-order valence-corrected chi connectivity index (χ4v) is 0.270. The third-order valence-corrected chi connectivity index (χ3v) is 0.540. The molecule has 0 spiro atoms. The van der Waals surface area contributed by atoms with E-state index in [9.17, 15) is 0 Å². The maximum Gasteiger partial charge on any atom is 3.00 e. The third kappa shape index (κ3) is 209. The number of nitrogens with zero attached hydrogens (tertiary/aromatic N) is 4. The van der Waals surface area contributed by atoms with Crippen LogP contribution in [0.1, 0.15) is 0 Å². The van der Waals surface area contributed by atoms with E-state index in [0.29, 0.717) is 26.2 Å². The van der Waals surface area contributed by atoms with Gasteiger partial charge in [-0.1, -0.05) is 36.7 Å². The van der Waals surface area contributed by atoms with Crippen molar-refractivity contribution in [3.63, 3.8) is 0 Å². The molecule has 0 atom stereocenters. The van der Waals surface area contributed by atoms with E-state index in [-0.39, 0.29) is 16.8 Å². The van der Waals surface area contributed by atoms with Crippen LogP contribution in [0.3, 0.4) is 0 Å². The van der Waals surface area contributed by atoms with Crippen molar-refractivity contribution in [2.24, 2.45) is 0 Å². The van der Waals surface area contributed by atoms with E-state index in [0.717, 1.165) is 0 Å². The van der Waals surface area contributed by atoms with Crippen molar-refractivity contribution in [1.29, 1.82) is 0 Å². The Balaban J connectivity index is -0.0000000411. The Morgan fingerprint density at radius 3 is 1.12 bits per heavy atom. The van der Waals surface area contributed by atoms with Crippen LogP contribution in [0.2, 0.25) is 0 Å². The molecule has 0 saturated heterocycles. The fraction of sp³-hybridized carbons (Fsp3) is 0.571. The summed E-state index contributed by atoms with van der Waals surface area (Å²) in [6.45, 7) is 1.91. The van der Waals surface area contributed by atoms with Crippen LogP contribution in [0.5, 0.6) is 0 Å². The maximum absolute atomic E-state index is 7.13. The third-order valence-electron chi connectivity index (χ3n) is 0.540. The molecule has 0 amide bonds. The van der Waals surface area contributed by atoms with Crippen LogP contribution in [0.15, 0.2) is 0 Å². The molecular formula is C7H10CoN6S3-3. The molecule has 17 heavy (non-hydrogen) atoms. The molecule has 0 heterocycles. The van der Waals surface area contributed by atoms with Gasteiger partial charge in [0, 0.05) is 0 Å². The van der Waals surface area contributed by atoms with E-state index in [1.807, 2.05) is 0 Å². The minimum Gasteiger partial charge on any atom is -0.753 e. The number of isothiocyanates is 3. The van der Waals surface area contributed by atoms with Gasteiger partial charge < -0.3 is 33.0 Å². The average molecular weight is 333 g/mol. The van der Waals surface area contributed by atoms with E-state index >= 15 is 0 Å². The SMILES string of the molecule is [Co+3].[N-]=C=S.[N-]=C=S.[N-]=C=S.[NH-]CC[N-]CC[NH-]. The maximum atomic E-state index is 7.13. The average Bonchev–Trinajstić information content (AvgIpc) is 2.22. The normalized spacial score (nSPS) is 5.29. The molecule has 0 aromatic heterocycles. The summed E-state index contributed by atoms with van der Waals surface area (Å²) >= 11 is 11.1. The van der Waals surface area contributed by atoms with Gasteiger partial charge in [0.2, 0.25) is 0 Å². The van der Waals surface area contributed by atoms with E-state index in [2.05, 4.69) is 42.0 Å². The summed E-state index contributed by atoms with van der Waals surface area (Å²) in [6.07, 6.45) is 0. The predicted octanol–water partition coefficient (Wildman–Crippen LogP) is 3.44. The fourth-order valence-electron chi connectivity index (χ4n) is 0.270. The molecule has 0 saturated carbocycles. The first-order chi connectivity index (χ1) is 7.66. The summed E-state index contributed by atoms with van der Waals surface area (Å²) < 4.78 is 0. The van der Waals surface area contributed by atoms with Crippen LogP contribution >= 0.6 is 36.7 Å². The molecule has 2 N–H and O–H groups in total. The van der Waals surface area contributed by atoms with Gasteiger partial charge in [-0.2, -0.15) is 41.7 Å². The largest absolute Gasteiger partial charge is 3.00 e.